The quantitative estimate of drug-likeness (QED) is 0.926. The number of nitrogens with two attached hydrogens (primary N) is 1. The van der Waals surface area contributed by atoms with Crippen molar-refractivity contribution < 1.29 is 4.74 Å². The number of benzene rings is 1. The zero-order valence-corrected chi connectivity index (χ0v) is 12.9. The summed E-state index contributed by atoms with van der Waals surface area (Å²) >= 11 is 6.32. The Morgan fingerprint density at radius 1 is 1.47 bits per heavy atom. The molecular formula is C15H23ClN2O. The van der Waals surface area contributed by atoms with Crippen molar-refractivity contribution in [2.24, 2.45) is 11.7 Å². The molecule has 0 bridgehead atoms. The van der Waals surface area contributed by atoms with E-state index in [2.05, 4.69) is 18.0 Å². The summed E-state index contributed by atoms with van der Waals surface area (Å²) < 4.78 is 5.60. The molecule has 0 aromatic heterocycles. The molecule has 106 valence electrons. The highest BCUT2D eigenvalue weighted by atomic mass is 35.5. The SMILES string of the molecule is COc1c(C2CC(CN)CN2C)cc(C)c(Cl)c1C. The van der Waals surface area contributed by atoms with Crippen LogP contribution in [0.5, 0.6) is 5.75 Å². The van der Waals surface area contributed by atoms with Gasteiger partial charge in [-0.2, -0.15) is 0 Å². The predicted octanol–water partition coefficient (Wildman–Crippen LogP) is 2.92. The van der Waals surface area contributed by atoms with E-state index in [4.69, 9.17) is 22.1 Å². The molecule has 2 unspecified atom stereocenters. The topological polar surface area (TPSA) is 38.5 Å². The Labute approximate surface area is 120 Å². The Morgan fingerprint density at radius 2 is 2.16 bits per heavy atom. The summed E-state index contributed by atoms with van der Waals surface area (Å²) in [5.74, 6) is 1.49. The maximum atomic E-state index is 6.32. The van der Waals surface area contributed by atoms with E-state index in [1.165, 1.54) is 5.56 Å². The molecule has 1 aliphatic rings. The maximum Gasteiger partial charge on any atom is 0.128 e. The molecule has 1 heterocycles. The molecule has 3 nitrogen and oxygen atoms in total. The fraction of sp³-hybridized carbons (Fsp3) is 0.600. The van der Waals surface area contributed by atoms with Gasteiger partial charge in [-0.15, -0.1) is 0 Å². The number of nitrogens with zero attached hydrogens (tertiary/aromatic N) is 1. The average Bonchev–Trinajstić information content (AvgIpc) is 2.77. The number of likely N-dealkylation sites (tertiary alicyclic amines) is 1. The van der Waals surface area contributed by atoms with Gasteiger partial charge in [0.15, 0.2) is 0 Å². The molecule has 0 aliphatic carbocycles. The zero-order valence-electron chi connectivity index (χ0n) is 12.2. The Balaban J connectivity index is 2.45. The Kier molecular flexibility index (Phi) is 4.39. The van der Waals surface area contributed by atoms with E-state index in [1.807, 2.05) is 13.8 Å². The molecule has 1 aromatic carbocycles. The Morgan fingerprint density at radius 3 is 2.68 bits per heavy atom. The van der Waals surface area contributed by atoms with Crippen LogP contribution >= 0.6 is 11.6 Å². The molecule has 0 saturated carbocycles. The minimum absolute atomic E-state index is 0.373. The highest BCUT2D eigenvalue weighted by molar-refractivity contribution is 6.32. The average molecular weight is 283 g/mol. The van der Waals surface area contributed by atoms with Crippen molar-refractivity contribution >= 4 is 11.6 Å². The van der Waals surface area contributed by atoms with Crippen molar-refractivity contribution in [3.05, 3.63) is 27.8 Å². The minimum atomic E-state index is 0.373. The van der Waals surface area contributed by atoms with Crippen molar-refractivity contribution in [2.45, 2.75) is 26.3 Å². The van der Waals surface area contributed by atoms with Gasteiger partial charge in [-0.3, -0.25) is 4.90 Å². The van der Waals surface area contributed by atoms with Crippen molar-refractivity contribution in [3.8, 4) is 5.75 Å². The Bertz CT molecular complexity index is 476. The van der Waals surface area contributed by atoms with Gasteiger partial charge in [0.1, 0.15) is 5.75 Å². The van der Waals surface area contributed by atoms with Gasteiger partial charge in [-0.1, -0.05) is 11.6 Å². The van der Waals surface area contributed by atoms with Crippen LogP contribution in [0.1, 0.15) is 29.2 Å². The lowest BCUT2D eigenvalue weighted by atomic mass is 9.95. The van der Waals surface area contributed by atoms with Crippen LogP contribution in [0.15, 0.2) is 6.07 Å². The van der Waals surface area contributed by atoms with E-state index in [1.54, 1.807) is 7.11 Å². The van der Waals surface area contributed by atoms with Crippen molar-refractivity contribution in [1.29, 1.82) is 0 Å². The van der Waals surface area contributed by atoms with E-state index >= 15 is 0 Å². The van der Waals surface area contributed by atoms with E-state index in [0.717, 1.165) is 41.4 Å². The summed E-state index contributed by atoms with van der Waals surface area (Å²) in [4.78, 5) is 2.36. The number of hydrogen-bond donors (Lipinski definition) is 1. The number of methoxy groups -OCH3 is 1. The molecule has 0 amide bonds. The summed E-state index contributed by atoms with van der Waals surface area (Å²) in [7, 11) is 3.87. The summed E-state index contributed by atoms with van der Waals surface area (Å²) in [6.45, 7) is 5.86. The van der Waals surface area contributed by atoms with Crippen LogP contribution in [0.4, 0.5) is 0 Å². The number of ether oxygens (including phenoxy) is 1. The molecular weight excluding hydrogens is 260 g/mol. The number of hydrogen-bond acceptors (Lipinski definition) is 3. The maximum absolute atomic E-state index is 6.32. The molecule has 1 aliphatic heterocycles. The standard InChI is InChI=1S/C15H23ClN2O/c1-9-5-12(15(19-4)10(2)14(9)16)13-6-11(7-17)8-18(13)3/h5,11,13H,6-8,17H2,1-4H3. The molecule has 2 atom stereocenters. The number of halogens is 1. The van der Waals surface area contributed by atoms with Crippen LogP contribution in [0, 0.1) is 19.8 Å². The third-order valence-electron chi connectivity index (χ3n) is 4.18. The highest BCUT2D eigenvalue weighted by Crippen LogP contribution is 2.42. The highest BCUT2D eigenvalue weighted by Gasteiger charge is 2.32. The van der Waals surface area contributed by atoms with Crippen LogP contribution in [-0.2, 0) is 0 Å². The summed E-state index contributed by atoms with van der Waals surface area (Å²) in [5.41, 5.74) is 9.19. The summed E-state index contributed by atoms with van der Waals surface area (Å²) in [6.07, 6.45) is 1.09. The number of rotatable bonds is 3. The predicted molar refractivity (Wildman–Crippen MR) is 80.0 cm³/mol. The third-order valence-corrected chi connectivity index (χ3v) is 4.76. The molecule has 1 saturated heterocycles. The fourth-order valence-electron chi connectivity index (χ4n) is 3.13. The lowest BCUT2D eigenvalue weighted by Gasteiger charge is -2.24. The fourth-order valence-corrected chi connectivity index (χ4v) is 3.27. The van der Waals surface area contributed by atoms with E-state index in [9.17, 15) is 0 Å². The number of aryl methyl sites for hydroxylation is 1. The first-order valence-electron chi connectivity index (χ1n) is 6.73. The molecule has 1 fully saturated rings. The monoisotopic (exact) mass is 282 g/mol. The van der Waals surface area contributed by atoms with Crippen molar-refractivity contribution in [3.63, 3.8) is 0 Å². The molecule has 2 N–H and O–H groups in total. The van der Waals surface area contributed by atoms with Crippen LogP contribution in [0.3, 0.4) is 0 Å². The third kappa shape index (κ3) is 2.60. The van der Waals surface area contributed by atoms with E-state index < -0.39 is 0 Å². The van der Waals surface area contributed by atoms with E-state index in [-0.39, 0.29) is 0 Å². The van der Waals surface area contributed by atoms with Gasteiger partial charge in [-0.05, 0) is 51.4 Å². The molecule has 0 spiro atoms. The van der Waals surface area contributed by atoms with Gasteiger partial charge in [-0.25, -0.2) is 0 Å². The lowest BCUT2D eigenvalue weighted by Crippen LogP contribution is -2.21. The second kappa shape index (κ2) is 5.70. The van der Waals surface area contributed by atoms with Gasteiger partial charge >= 0.3 is 0 Å². The smallest absolute Gasteiger partial charge is 0.128 e. The van der Waals surface area contributed by atoms with Crippen molar-refractivity contribution in [1.82, 2.24) is 4.90 Å². The normalized spacial score (nSPS) is 23.9. The zero-order chi connectivity index (χ0) is 14.2. The van der Waals surface area contributed by atoms with Crippen LogP contribution < -0.4 is 10.5 Å². The van der Waals surface area contributed by atoms with Gasteiger partial charge in [0, 0.05) is 23.7 Å². The van der Waals surface area contributed by atoms with Gasteiger partial charge in [0.05, 0.1) is 12.1 Å². The van der Waals surface area contributed by atoms with Gasteiger partial charge < -0.3 is 10.5 Å². The second-order valence-electron chi connectivity index (χ2n) is 5.55. The molecule has 1 aromatic rings. The molecule has 0 radical (unpaired) electrons. The first-order chi connectivity index (χ1) is 8.99. The van der Waals surface area contributed by atoms with Gasteiger partial charge in [0.25, 0.3) is 0 Å². The summed E-state index contributed by atoms with van der Waals surface area (Å²) in [5, 5.41) is 0.802. The molecule has 19 heavy (non-hydrogen) atoms. The van der Waals surface area contributed by atoms with Gasteiger partial charge in [0.2, 0.25) is 0 Å². The second-order valence-corrected chi connectivity index (χ2v) is 5.93. The summed E-state index contributed by atoms with van der Waals surface area (Å²) in [6, 6.07) is 2.53. The van der Waals surface area contributed by atoms with Crippen LogP contribution in [-0.4, -0.2) is 32.1 Å². The molecule has 4 heteroatoms. The lowest BCUT2D eigenvalue weighted by molar-refractivity contribution is 0.302. The molecule has 2 rings (SSSR count). The first-order valence-corrected chi connectivity index (χ1v) is 7.11. The van der Waals surface area contributed by atoms with Crippen LogP contribution in [0.2, 0.25) is 5.02 Å². The van der Waals surface area contributed by atoms with Crippen molar-refractivity contribution in [2.75, 3.05) is 27.2 Å². The first kappa shape index (κ1) is 14.6. The van der Waals surface area contributed by atoms with Crippen LogP contribution in [0.25, 0.3) is 0 Å². The van der Waals surface area contributed by atoms with E-state index in [0.29, 0.717) is 12.0 Å². The largest absolute Gasteiger partial charge is 0.496 e. The Hall–Kier alpha value is -0.770. The minimum Gasteiger partial charge on any atom is -0.496 e.